The highest BCUT2D eigenvalue weighted by Crippen LogP contribution is 2.37. The largest absolute Gasteiger partial charge is 0.455 e. The van der Waals surface area contributed by atoms with E-state index in [0.717, 1.165) is 9.77 Å². The van der Waals surface area contributed by atoms with Gasteiger partial charge in [-0.05, 0) is 71.3 Å². The maximum Gasteiger partial charge on any atom is 0.455 e. The zero-order valence-electron chi connectivity index (χ0n) is 18.2. The highest BCUT2D eigenvalue weighted by Gasteiger charge is 2.58. The van der Waals surface area contributed by atoms with Crippen LogP contribution in [0, 0.1) is 3.57 Å². The Morgan fingerprint density at radius 2 is 1.75 bits per heavy atom. The lowest BCUT2D eigenvalue weighted by atomic mass is 10.0. The lowest BCUT2D eigenvalue weighted by Crippen LogP contribution is -2.40. The molecule has 4 rings (SSSR count). The third-order valence-electron chi connectivity index (χ3n) is 5.67. The molecule has 0 radical (unpaired) electrons. The molecule has 0 spiro atoms. The third-order valence-corrected chi connectivity index (χ3v) is 6.34. The highest BCUT2D eigenvalue weighted by molar-refractivity contribution is 14.1. The average molecular weight is 627 g/mol. The third kappa shape index (κ3) is 5.42. The fourth-order valence-electron chi connectivity index (χ4n) is 3.76. The number of benzene rings is 1. The van der Waals surface area contributed by atoms with Gasteiger partial charge in [-0.25, -0.2) is 9.67 Å². The first kappa shape index (κ1) is 26.2. The number of amides is 1. The van der Waals surface area contributed by atoms with Crippen molar-refractivity contribution in [2.45, 2.75) is 31.5 Å². The molecule has 1 fully saturated rings. The summed E-state index contributed by atoms with van der Waals surface area (Å²) in [6.45, 7) is -1.20. The number of anilines is 2. The van der Waals surface area contributed by atoms with Gasteiger partial charge in [-0.3, -0.25) is 4.79 Å². The van der Waals surface area contributed by atoms with Gasteiger partial charge < -0.3 is 10.2 Å². The normalized spacial score (nSPS) is 14.9. The van der Waals surface area contributed by atoms with Crippen LogP contribution in [0.3, 0.4) is 0 Å². The summed E-state index contributed by atoms with van der Waals surface area (Å²) in [7, 11) is 0. The average Bonchev–Trinajstić information content (AvgIpc) is 3.19. The number of halogens is 8. The van der Waals surface area contributed by atoms with Gasteiger partial charge in [0.15, 0.2) is 5.65 Å². The highest BCUT2D eigenvalue weighted by atomic mass is 127. The number of pyridine rings is 1. The molecule has 1 aromatic carbocycles. The number of fused-ring (bicyclic) bond motifs is 1. The maximum atomic E-state index is 13.5. The fourth-order valence-corrected chi connectivity index (χ4v) is 4.24. The minimum atomic E-state index is -5.76. The molecule has 0 atom stereocenters. The number of rotatable bonds is 5. The zero-order chi connectivity index (χ0) is 26.3. The molecule has 1 amide bonds. The molecule has 1 aliphatic heterocycles. The minimum absolute atomic E-state index is 0.0769. The van der Waals surface area contributed by atoms with Crippen LogP contribution in [0.25, 0.3) is 11.0 Å². The van der Waals surface area contributed by atoms with Crippen molar-refractivity contribution in [3.05, 3.63) is 57.3 Å². The molecular formula is C22H17F7IN5O. The minimum Gasteiger partial charge on any atom is -0.370 e. The van der Waals surface area contributed by atoms with Crippen molar-refractivity contribution in [2.24, 2.45) is 0 Å². The van der Waals surface area contributed by atoms with Crippen molar-refractivity contribution in [3.63, 3.8) is 0 Å². The SMILES string of the molecule is O=C(Nc1ccc2cnn(CC(F)(F)C(F)(F)F)c2n1)c1ccc(I)cc1N1CCC(=C(F)F)CC1. The van der Waals surface area contributed by atoms with E-state index in [1.165, 1.54) is 12.1 Å². The number of nitrogens with one attached hydrogen (secondary N) is 1. The van der Waals surface area contributed by atoms with E-state index >= 15 is 0 Å². The van der Waals surface area contributed by atoms with Gasteiger partial charge in [-0.2, -0.15) is 35.8 Å². The summed E-state index contributed by atoms with van der Waals surface area (Å²) in [4.78, 5) is 18.9. The van der Waals surface area contributed by atoms with Gasteiger partial charge >= 0.3 is 12.1 Å². The molecule has 3 aromatic rings. The molecule has 1 aliphatic rings. The number of aromatic nitrogens is 3. The van der Waals surface area contributed by atoms with Gasteiger partial charge in [-0.15, -0.1) is 0 Å². The second-order valence-electron chi connectivity index (χ2n) is 8.08. The van der Waals surface area contributed by atoms with E-state index in [1.807, 2.05) is 4.90 Å². The van der Waals surface area contributed by atoms with Crippen LogP contribution in [-0.4, -0.2) is 45.9 Å². The maximum absolute atomic E-state index is 13.5. The van der Waals surface area contributed by atoms with Crippen molar-refractivity contribution in [1.29, 1.82) is 0 Å². The summed E-state index contributed by atoms with van der Waals surface area (Å²) in [5.41, 5.74) is 0.562. The molecule has 14 heteroatoms. The summed E-state index contributed by atoms with van der Waals surface area (Å²) < 4.78 is 92.1. The second-order valence-corrected chi connectivity index (χ2v) is 9.33. The lowest BCUT2D eigenvalue weighted by Gasteiger charge is -2.31. The Morgan fingerprint density at radius 1 is 1.06 bits per heavy atom. The van der Waals surface area contributed by atoms with Crippen LogP contribution in [0.1, 0.15) is 23.2 Å². The van der Waals surface area contributed by atoms with Crippen LogP contribution in [-0.2, 0) is 6.54 Å². The Kier molecular flexibility index (Phi) is 7.16. The molecule has 0 bridgehead atoms. The summed E-state index contributed by atoms with van der Waals surface area (Å²) in [6, 6.07) is 7.72. The lowest BCUT2D eigenvalue weighted by molar-refractivity contribution is -0.287. The number of hydrogen-bond donors (Lipinski definition) is 1. The van der Waals surface area contributed by atoms with Crippen LogP contribution in [0.5, 0.6) is 0 Å². The van der Waals surface area contributed by atoms with E-state index in [9.17, 15) is 35.5 Å². The Balaban J connectivity index is 1.58. The predicted molar refractivity (Wildman–Crippen MR) is 126 cm³/mol. The van der Waals surface area contributed by atoms with Gasteiger partial charge in [0.05, 0.1) is 17.4 Å². The molecule has 0 saturated carbocycles. The summed E-state index contributed by atoms with van der Waals surface area (Å²) in [5, 5.41) is 6.31. The summed E-state index contributed by atoms with van der Waals surface area (Å²) in [5.74, 6) is -5.73. The first-order chi connectivity index (χ1) is 16.9. The molecule has 1 saturated heterocycles. The van der Waals surface area contributed by atoms with Crippen molar-refractivity contribution in [1.82, 2.24) is 14.8 Å². The van der Waals surface area contributed by atoms with Gasteiger partial charge in [0, 0.05) is 22.0 Å². The van der Waals surface area contributed by atoms with Crippen LogP contribution in [0.2, 0.25) is 0 Å². The van der Waals surface area contributed by atoms with E-state index in [2.05, 4.69) is 38.0 Å². The van der Waals surface area contributed by atoms with Crippen LogP contribution < -0.4 is 10.2 Å². The number of piperidine rings is 1. The van der Waals surface area contributed by atoms with E-state index < -0.39 is 30.6 Å². The monoisotopic (exact) mass is 627 g/mol. The number of carbonyl (C=O) groups is 1. The van der Waals surface area contributed by atoms with Crippen molar-refractivity contribution in [3.8, 4) is 0 Å². The van der Waals surface area contributed by atoms with E-state index in [1.54, 1.807) is 18.2 Å². The van der Waals surface area contributed by atoms with Gasteiger partial charge in [-0.1, -0.05) is 0 Å². The van der Waals surface area contributed by atoms with Crippen molar-refractivity contribution in [2.75, 3.05) is 23.3 Å². The van der Waals surface area contributed by atoms with Crippen LogP contribution in [0.15, 0.2) is 48.2 Å². The molecule has 0 aliphatic carbocycles. The summed E-state index contributed by atoms with van der Waals surface area (Å²) in [6.07, 6.45) is -6.06. The number of carbonyl (C=O) groups excluding carboxylic acids is 1. The standard InChI is InChI=1S/C22H17F7IN5O/c23-18(24)12-5-7-34(8-6-12)16-9-14(30)2-3-15(16)20(36)33-17-4-1-13-10-31-35(19(13)32-17)11-21(25,26)22(27,28)29/h1-4,9-10H,5-8,11H2,(H,32,33,36). The van der Waals surface area contributed by atoms with Crippen LogP contribution in [0.4, 0.5) is 42.2 Å². The Hall–Kier alpha value is -2.91. The molecule has 36 heavy (non-hydrogen) atoms. The van der Waals surface area contributed by atoms with E-state index in [4.69, 9.17) is 0 Å². The van der Waals surface area contributed by atoms with Crippen molar-refractivity contribution < 1.29 is 35.5 Å². The smallest absolute Gasteiger partial charge is 0.370 e. The number of hydrogen-bond acceptors (Lipinski definition) is 4. The van der Waals surface area contributed by atoms with Gasteiger partial charge in [0.25, 0.3) is 12.0 Å². The second kappa shape index (κ2) is 9.86. The Bertz CT molecular complexity index is 1320. The van der Waals surface area contributed by atoms with Gasteiger partial charge in [0.1, 0.15) is 12.4 Å². The summed E-state index contributed by atoms with van der Waals surface area (Å²) >= 11 is 2.06. The molecular weight excluding hydrogens is 610 g/mol. The van der Waals surface area contributed by atoms with Gasteiger partial charge in [0.2, 0.25) is 0 Å². The number of nitrogens with zero attached hydrogens (tertiary/aromatic N) is 4. The molecule has 2 aromatic heterocycles. The molecule has 3 heterocycles. The predicted octanol–water partition coefficient (Wildman–Crippen LogP) is 6.24. The van der Waals surface area contributed by atoms with Crippen molar-refractivity contribution >= 4 is 51.0 Å². The topological polar surface area (TPSA) is 63.1 Å². The first-order valence-corrected chi connectivity index (χ1v) is 11.6. The zero-order valence-corrected chi connectivity index (χ0v) is 20.4. The Morgan fingerprint density at radius 3 is 2.39 bits per heavy atom. The number of alkyl halides is 5. The van der Waals surface area contributed by atoms with E-state index in [-0.39, 0.29) is 53.9 Å². The van der Waals surface area contributed by atoms with Crippen LogP contribution >= 0.6 is 22.6 Å². The Labute approximate surface area is 213 Å². The fraction of sp³-hybridized carbons (Fsp3) is 0.318. The molecule has 0 unspecified atom stereocenters. The van der Waals surface area contributed by atoms with E-state index in [0.29, 0.717) is 10.4 Å². The molecule has 192 valence electrons. The quantitative estimate of drug-likeness (QED) is 0.269. The molecule has 6 nitrogen and oxygen atoms in total. The molecule has 1 N–H and O–H groups in total. The first-order valence-electron chi connectivity index (χ1n) is 10.5.